The van der Waals surface area contributed by atoms with E-state index in [0.29, 0.717) is 22.8 Å². The lowest BCUT2D eigenvalue weighted by atomic mass is 10.1. The molecule has 0 aliphatic carbocycles. The van der Waals surface area contributed by atoms with Crippen LogP contribution in [0.25, 0.3) is 0 Å². The Bertz CT molecular complexity index is 1430. The first-order chi connectivity index (χ1) is 18.6. The van der Waals surface area contributed by atoms with E-state index in [-0.39, 0.29) is 27.1 Å². The third kappa shape index (κ3) is 6.61. The summed E-state index contributed by atoms with van der Waals surface area (Å²) >= 11 is 6.22. The van der Waals surface area contributed by atoms with E-state index >= 15 is 0 Å². The highest BCUT2D eigenvalue weighted by molar-refractivity contribution is 7.92. The van der Waals surface area contributed by atoms with Crippen LogP contribution in [0.2, 0.25) is 5.02 Å². The van der Waals surface area contributed by atoms with Crippen LogP contribution >= 0.6 is 11.6 Å². The first kappa shape index (κ1) is 29.7. The number of ether oxygens (including phenoxy) is 5. The van der Waals surface area contributed by atoms with Gasteiger partial charge in [0.05, 0.1) is 52.2 Å². The number of rotatable bonds is 12. The highest BCUT2D eigenvalue weighted by atomic mass is 35.5. The second-order valence-corrected chi connectivity index (χ2v) is 10.5. The first-order valence-corrected chi connectivity index (χ1v) is 13.5. The molecule has 0 bridgehead atoms. The van der Waals surface area contributed by atoms with Gasteiger partial charge in [0.15, 0.2) is 11.5 Å². The molecule has 0 fully saturated rings. The number of hydrogen-bond donors (Lipinski definition) is 1. The van der Waals surface area contributed by atoms with E-state index in [9.17, 15) is 13.2 Å². The Balaban J connectivity index is 2.04. The number of amides is 1. The Morgan fingerprint density at radius 1 is 0.821 bits per heavy atom. The first-order valence-electron chi connectivity index (χ1n) is 11.7. The zero-order valence-electron chi connectivity index (χ0n) is 22.5. The smallest absolute Gasteiger partial charge is 0.265 e. The molecular weight excluding hydrogens is 548 g/mol. The Morgan fingerprint density at radius 3 is 2.05 bits per heavy atom. The molecule has 210 valence electrons. The summed E-state index contributed by atoms with van der Waals surface area (Å²) in [4.78, 5) is 13.2. The van der Waals surface area contributed by atoms with Crippen LogP contribution in [0.15, 0.2) is 59.5 Å². The normalized spacial score (nSPS) is 11.8. The third-order valence-electron chi connectivity index (χ3n) is 5.92. The average molecular weight is 579 g/mol. The van der Waals surface area contributed by atoms with E-state index in [2.05, 4.69) is 5.32 Å². The number of methoxy groups -OCH3 is 5. The SMILES string of the molecule is COc1ccc(OC)c([C@H](C)NC(=O)CN(c2cc(Cl)ccc2OC)S(=O)(=O)c2ccc(OC)c(OC)c2)c1. The molecule has 0 saturated carbocycles. The molecule has 0 spiro atoms. The van der Waals surface area contributed by atoms with E-state index in [0.717, 1.165) is 4.31 Å². The lowest BCUT2D eigenvalue weighted by molar-refractivity contribution is -0.120. The zero-order chi connectivity index (χ0) is 28.7. The van der Waals surface area contributed by atoms with Gasteiger partial charge in [-0.25, -0.2) is 8.42 Å². The predicted octanol–water partition coefficient (Wildman–Crippen LogP) is 4.46. The minimum absolute atomic E-state index is 0.0848. The molecular formula is C27H31ClN2O8S. The van der Waals surface area contributed by atoms with Crippen molar-refractivity contribution in [3.8, 4) is 28.7 Å². The lowest BCUT2D eigenvalue weighted by Crippen LogP contribution is -2.41. The maximum absolute atomic E-state index is 14.0. The van der Waals surface area contributed by atoms with E-state index in [1.54, 1.807) is 31.2 Å². The van der Waals surface area contributed by atoms with Crippen molar-refractivity contribution in [2.24, 2.45) is 0 Å². The van der Waals surface area contributed by atoms with Crippen LogP contribution in [0.4, 0.5) is 5.69 Å². The Morgan fingerprint density at radius 2 is 1.44 bits per heavy atom. The van der Waals surface area contributed by atoms with Gasteiger partial charge in [-0.15, -0.1) is 0 Å². The number of carbonyl (C=O) groups excluding carboxylic acids is 1. The molecule has 1 atom stereocenters. The number of carbonyl (C=O) groups is 1. The number of nitrogens with one attached hydrogen (secondary N) is 1. The van der Waals surface area contributed by atoms with Crippen LogP contribution in [0.1, 0.15) is 18.5 Å². The standard InChI is InChI=1S/C27H31ClN2O8S/c1-17(21-14-19(34-2)8-11-23(21)35-3)29-27(31)16-30(22-13-18(28)7-10-24(22)36-4)39(32,33)20-9-12-25(37-5)26(15-20)38-6/h7-15,17H,16H2,1-6H3,(H,29,31)/t17-/m0/s1. The maximum atomic E-state index is 14.0. The number of anilines is 1. The molecule has 0 heterocycles. The van der Waals surface area contributed by atoms with Crippen molar-refractivity contribution in [2.75, 3.05) is 46.4 Å². The summed E-state index contributed by atoms with van der Waals surface area (Å²) in [6, 6.07) is 13.3. The highest BCUT2D eigenvalue weighted by Crippen LogP contribution is 2.37. The minimum atomic E-state index is -4.33. The van der Waals surface area contributed by atoms with Gasteiger partial charge in [0.25, 0.3) is 10.0 Å². The molecule has 0 saturated heterocycles. The van der Waals surface area contributed by atoms with Gasteiger partial charge < -0.3 is 29.0 Å². The number of benzene rings is 3. The summed E-state index contributed by atoms with van der Waals surface area (Å²) in [5.74, 6) is 1.29. The molecule has 3 aromatic carbocycles. The molecule has 0 aliphatic heterocycles. The average Bonchev–Trinajstić information content (AvgIpc) is 2.94. The van der Waals surface area contributed by atoms with Crippen LogP contribution < -0.4 is 33.3 Å². The van der Waals surface area contributed by atoms with Gasteiger partial charge in [0.1, 0.15) is 23.8 Å². The van der Waals surface area contributed by atoms with Crippen LogP contribution in [0.3, 0.4) is 0 Å². The molecule has 1 N–H and O–H groups in total. The van der Waals surface area contributed by atoms with Crippen LogP contribution in [-0.4, -0.2) is 56.4 Å². The van der Waals surface area contributed by atoms with Gasteiger partial charge in [0, 0.05) is 16.7 Å². The van der Waals surface area contributed by atoms with Crippen molar-refractivity contribution in [1.82, 2.24) is 5.32 Å². The molecule has 3 rings (SSSR count). The largest absolute Gasteiger partial charge is 0.497 e. The zero-order valence-corrected chi connectivity index (χ0v) is 24.1. The van der Waals surface area contributed by atoms with Gasteiger partial charge >= 0.3 is 0 Å². The molecule has 3 aromatic rings. The van der Waals surface area contributed by atoms with Gasteiger partial charge in [-0.1, -0.05) is 11.6 Å². The van der Waals surface area contributed by atoms with Crippen LogP contribution in [0, 0.1) is 0 Å². The summed E-state index contributed by atoms with van der Waals surface area (Å²) in [5.41, 5.74) is 0.737. The van der Waals surface area contributed by atoms with Crippen molar-refractivity contribution in [3.05, 3.63) is 65.2 Å². The fourth-order valence-corrected chi connectivity index (χ4v) is 5.54. The summed E-state index contributed by atoms with van der Waals surface area (Å²) in [7, 11) is 2.95. The third-order valence-corrected chi connectivity index (χ3v) is 7.91. The van der Waals surface area contributed by atoms with Gasteiger partial charge in [0.2, 0.25) is 5.91 Å². The van der Waals surface area contributed by atoms with Crippen molar-refractivity contribution in [3.63, 3.8) is 0 Å². The van der Waals surface area contributed by atoms with Crippen molar-refractivity contribution >= 4 is 33.2 Å². The van der Waals surface area contributed by atoms with E-state index in [4.69, 9.17) is 35.3 Å². The summed E-state index contributed by atoms with van der Waals surface area (Å²) in [6.45, 7) is 1.17. The number of sulfonamides is 1. The summed E-state index contributed by atoms with van der Waals surface area (Å²) in [5, 5.41) is 3.10. The number of nitrogens with zero attached hydrogens (tertiary/aromatic N) is 1. The molecule has 0 radical (unpaired) electrons. The molecule has 1 amide bonds. The van der Waals surface area contributed by atoms with Crippen molar-refractivity contribution in [2.45, 2.75) is 17.9 Å². The van der Waals surface area contributed by atoms with Gasteiger partial charge in [-0.3, -0.25) is 9.10 Å². The summed E-state index contributed by atoms with van der Waals surface area (Å²) < 4.78 is 55.5. The van der Waals surface area contributed by atoms with Crippen molar-refractivity contribution < 1.29 is 36.9 Å². The maximum Gasteiger partial charge on any atom is 0.265 e. The molecule has 10 nitrogen and oxygen atoms in total. The molecule has 0 aliphatic rings. The predicted molar refractivity (Wildman–Crippen MR) is 148 cm³/mol. The van der Waals surface area contributed by atoms with E-state index in [1.807, 2.05) is 0 Å². The Labute approximate surface area is 233 Å². The Hall–Kier alpha value is -3.83. The molecule has 12 heteroatoms. The topological polar surface area (TPSA) is 113 Å². The van der Waals surface area contributed by atoms with E-state index < -0.39 is 28.5 Å². The summed E-state index contributed by atoms with van der Waals surface area (Å²) in [6.07, 6.45) is 0. The quantitative estimate of drug-likeness (QED) is 0.335. The molecule has 39 heavy (non-hydrogen) atoms. The lowest BCUT2D eigenvalue weighted by Gasteiger charge is -2.27. The number of halogens is 1. The van der Waals surface area contributed by atoms with Crippen molar-refractivity contribution in [1.29, 1.82) is 0 Å². The van der Waals surface area contributed by atoms with Crippen LogP contribution in [-0.2, 0) is 14.8 Å². The second-order valence-electron chi connectivity index (χ2n) is 8.24. The Kier molecular flexibility index (Phi) is 9.76. The van der Waals surface area contributed by atoms with E-state index in [1.165, 1.54) is 65.9 Å². The van der Waals surface area contributed by atoms with Crippen LogP contribution in [0.5, 0.6) is 28.7 Å². The van der Waals surface area contributed by atoms with Gasteiger partial charge in [-0.2, -0.15) is 0 Å². The second kappa shape index (κ2) is 12.8. The fraction of sp³-hybridized carbons (Fsp3) is 0.296. The highest BCUT2D eigenvalue weighted by Gasteiger charge is 2.31. The minimum Gasteiger partial charge on any atom is -0.497 e. The molecule has 0 aromatic heterocycles. The molecule has 0 unspecified atom stereocenters. The monoisotopic (exact) mass is 578 g/mol. The van der Waals surface area contributed by atoms with Gasteiger partial charge in [-0.05, 0) is 55.5 Å². The number of hydrogen-bond acceptors (Lipinski definition) is 8. The fourth-order valence-electron chi connectivity index (χ4n) is 3.94.